The molecular weight excluding hydrogens is 256 g/mol. The van der Waals surface area contributed by atoms with E-state index in [0.29, 0.717) is 11.1 Å². The van der Waals surface area contributed by atoms with Gasteiger partial charge in [-0.15, -0.1) is 0 Å². The molecule has 0 saturated heterocycles. The molecule has 3 rings (SSSR count). The molecule has 2 heterocycles. The van der Waals surface area contributed by atoms with E-state index < -0.39 is 12.0 Å². The number of aromatic nitrogens is 1. The lowest BCUT2D eigenvalue weighted by Crippen LogP contribution is -2.32. The monoisotopic (exact) mass is 268 g/mol. The number of aliphatic carboxylic acids is 1. The number of pyridine rings is 1. The van der Waals surface area contributed by atoms with E-state index in [1.54, 1.807) is 42.7 Å². The van der Waals surface area contributed by atoms with Gasteiger partial charge in [0.15, 0.2) is 6.04 Å². The molecule has 1 unspecified atom stereocenters. The molecule has 0 aliphatic carbocycles. The summed E-state index contributed by atoms with van der Waals surface area (Å²) in [4.78, 5) is 29.2. The average molecular weight is 268 g/mol. The van der Waals surface area contributed by atoms with Gasteiger partial charge in [-0.25, -0.2) is 4.79 Å². The molecule has 2 aromatic rings. The quantitative estimate of drug-likeness (QED) is 0.922. The highest BCUT2D eigenvalue weighted by atomic mass is 16.4. The fraction of sp³-hybridized carbons (Fsp3) is 0.133. The van der Waals surface area contributed by atoms with Crippen molar-refractivity contribution in [3.63, 3.8) is 0 Å². The number of rotatable bonds is 3. The predicted molar refractivity (Wildman–Crippen MR) is 70.9 cm³/mol. The maximum atomic E-state index is 12.4. The molecule has 20 heavy (non-hydrogen) atoms. The van der Waals surface area contributed by atoms with Crippen LogP contribution in [0.15, 0.2) is 48.8 Å². The number of carboxylic acid groups (broad SMARTS) is 1. The van der Waals surface area contributed by atoms with Crippen molar-refractivity contribution in [3.8, 4) is 0 Å². The highest BCUT2D eigenvalue weighted by Crippen LogP contribution is 2.34. The predicted octanol–water partition coefficient (Wildman–Crippen LogP) is 1.86. The smallest absolute Gasteiger partial charge is 0.331 e. The molecule has 1 aromatic heterocycles. The van der Waals surface area contributed by atoms with Crippen molar-refractivity contribution < 1.29 is 14.7 Å². The van der Waals surface area contributed by atoms with Crippen LogP contribution in [0.5, 0.6) is 0 Å². The summed E-state index contributed by atoms with van der Waals surface area (Å²) in [5.41, 5.74) is 1.82. The molecule has 0 fully saturated rings. The molecule has 5 heteroatoms. The molecule has 1 aromatic carbocycles. The van der Waals surface area contributed by atoms with Gasteiger partial charge in [0.05, 0.1) is 0 Å². The van der Waals surface area contributed by atoms with Crippen molar-refractivity contribution in [2.75, 3.05) is 0 Å². The molecule has 0 saturated carbocycles. The number of fused-ring (bicyclic) bond motifs is 1. The summed E-state index contributed by atoms with van der Waals surface area (Å²) in [5.74, 6) is -1.27. The first-order valence-electron chi connectivity index (χ1n) is 6.20. The van der Waals surface area contributed by atoms with Crippen molar-refractivity contribution >= 4 is 11.9 Å². The molecule has 1 aliphatic heterocycles. The third-order valence-corrected chi connectivity index (χ3v) is 3.37. The molecule has 5 nitrogen and oxygen atoms in total. The van der Waals surface area contributed by atoms with Gasteiger partial charge in [0.2, 0.25) is 0 Å². The number of carbonyl (C=O) groups excluding carboxylic acids is 1. The zero-order chi connectivity index (χ0) is 14.1. The summed E-state index contributed by atoms with van der Waals surface area (Å²) < 4.78 is 0. The molecule has 1 atom stereocenters. The molecule has 0 bridgehead atoms. The van der Waals surface area contributed by atoms with Crippen LogP contribution in [0, 0.1) is 0 Å². The van der Waals surface area contributed by atoms with Crippen LogP contribution in [0.4, 0.5) is 0 Å². The number of amides is 1. The van der Waals surface area contributed by atoms with E-state index in [0.717, 1.165) is 5.56 Å². The van der Waals surface area contributed by atoms with Gasteiger partial charge in [0.1, 0.15) is 0 Å². The molecule has 100 valence electrons. The molecule has 0 radical (unpaired) electrons. The van der Waals surface area contributed by atoms with Crippen molar-refractivity contribution in [1.82, 2.24) is 9.88 Å². The fourth-order valence-corrected chi connectivity index (χ4v) is 2.49. The van der Waals surface area contributed by atoms with Crippen LogP contribution < -0.4 is 0 Å². The van der Waals surface area contributed by atoms with Crippen LogP contribution in [0.25, 0.3) is 0 Å². The lowest BCUT2D eigenvalue weighted by atomic mass is 10.1. The van der Waals surface area contributed by atoms with Crippen LogP contribution in [0.1, 0.15) is 27.5 Å². The Morgan fingerprint density at radius 2 is 2.05 bits per heavy atom. The van der Waals surface area contributed by atoms with E-state index in [1.165, 1.54) is 4.90 Å². The first-order chi connectivity index (χ1) is 9.68. The summed E-state index contributed by atoms with van der Waals surface area (Å²) in [6.45, 7) is 0.234. The number of benzene rings is 1. The summed E-state index contributed by atoms with van der Waals surface area (Å²) in [5, 5.41) is 9.42. The number of hydrogen-bond acceptors (Lipinski definition) is 3. The molecule has 1 amide bonds. The summed E-state index contributed by atoms with van der Waals surface area (Å²) >= 11 is 0. The number of carboxylic acids is 1. The highest BCUT2D eigenvalue weighted by molar-refractivity contribution is 6.03. The van der Waals surface area contributed by atoms with E-state index in [2.05, 4.69) is 4.98 Å². The standard InChI is InChI=1S/C15H12N2O3/c18-14-12-6-2-1-5-11(12)13(15(19)20)17(14)9-10-4-3-7-16-8-10/h1-8,13H,9H2,(H,19,20). The van der Waals surface area contributed by atoms with Gasteiger partial charge in [0, 0.05) is 24.5 Å². The minimum absolute atomic E-state index is 0.234. The van der Waals surface area contributed by atoms with Gasteiger partial charge in [-0.2, -0.15) is 0 Å². The third kappa shape index (κ3) is 1.93. The van der Waals surface area contributed by atoms with E-state index in [9.17, 15) is 14.7 Å². The topological polar surface area (TPSA) is 70.5 Å². The van der Waals surface area contributed by atoms with E-state index in [4.69, 9.17) is 0 Å². The summed E-state index contributed by atoms with van der Waals surface area (Å²) in [6.07, 6.45) is 3.27. The molecular formula is C15H12N2O3. The number of carbonyl (C=O) groups is 2. The maximum absolute atomic E-state index is 12.4. The van der Waals surface area contributed by atoms with Crippen LogP contribution in [-0.2, 0) is 11.3 Å². The zero-order valence-corrected chi connectivity index (χ0v) is 10.6. The minimum atomic E-state index is -1.02. The van der Waals surface area contributed by atoms with Crippen LogP contribution in [0.3, 0.4) is 0 Å². The minimum Gasteiger partial charge on any atom is -0.479 e. The van der Waals surface area contributed by atoms with Crippen molar-refractivity contribution in [2.24, 2.45) is 0 Å². The normalized spacial score (nSPS) is 17.1. The second-order valence-corrected chi connectivity index (χ2v) is 4.62. The van der Waals surface area contributed by atoms with Crippen LogP contribution in [0.2, 0.25) is 0 Å². The van der Waals surface area contributed by atoms with Crippen molar-refractivity contribution in [1.29, 1.82) is 0 Å². The Balaban J connectivity index is 1.99. The van der Waals surface area contributed by atoms with E-state index in [-0.39, 0.29) is 12.5 Å². The molecule has 0 spiro atoms. The maximum Gasteiger partial charge on any atom is 0.331 e. The first-order valence-corrected chi connectivity index (χ1v) is 6.20. The van der Waals surface area contributed by atoms with Crippen LogP contribution >= 0.6 is 0 Å². The van der Waals surface area contributed by atoms with Gasteiger partial charge in [-0.1, -0.05) is 24.3 Å². The lowest BCUT2D eigenvalue weighted by molar-refractivity contribution is -0.142. The third-order valence-electron chi connectivity index (χ3n) is 3.37. The molecule has 1 aliphatic rings. The Bertz CT molecular complexity index is 670. The summed E-state index contributed by atoms with van der Waals surface area (Å²) in [7, 11) is 0. The second-order valence-electron chi connectivity index (χ2n) is 4.62. The zero-order valence-electron chi connectivity index (χ0n) is 10.6. The number of hydrogen-bond donors (Lipinski definition) is 1. The van der Waals surface area contributed by atoms with Gasteiger partial charge in [-0.3, -0.25) is 9.78 Å². The van der Waals surface area contributed by atoms with Gasteiger partial charge in [0.25, 0.3) is 5.91 Å². The van der Waals surface area contributed by atoms with Gasteiger partial charge in [-0.05, 0) is 23.3 Å². The number of nitrogens with zero attached hydrogens (tertiary/aromatic N) is 2. The van der Waals surface area contributed by atoms with Gasteiger partial charge >= 0.3 is 5.97 Å². The Labute approximate surface area is 115 Å². The Morgan fingerprint density at radius 3 is 2.75 bits per heavy atom. The Morgan fingerprint density at radius 1 is 1.25 bits per heavy atom. The largest absolute Gasteiger partial charge is 0.479 e. The second kappa shape index (κ2) is 4.77. The summed E-state index contributed by atoms with van der Waals surface area (Å²) in [6, 6.07) is 9.49. The van der Waals surface area contributed by atoms with Crippen molar-refractivity contribution in [3.05, 3.63) is 65.5 Å². The van der Waals surface area contributed by atoms with Crippen LogP contribution in [-0.4, -0.2) is 26.9 Å². The van der Waals surface area contributed by atoms with Gasteiger partial charge < -0.3 is 10.0 Å². The fourth-order valence-electron chi connectivity index (χ4n) is 2.49. The SMILES string of the molecule is O=C(O)C1c2ccccc2C(=O)N1Cc1cccnc1. The highest BCUT2D eigenvalue weighted by Gasteiger charge is 2.40. The Kier molecular flexibility index (Phi) is 2.95. The first kappa shape index (κ1) is 12.3. The van der Waals surface area contributed by atoms with E-state index >= 15 is 0 Å². The van der Waals surface area contributed by atoms with Crippen molar-refractivity contribution in [2.45, 2.75) is 12.6 Å². The average Bonchev–Trinajstić information content (AvgIpc) is 2.74. The lowest BCUT2D eigenvalue weighted by Gasteiger charge is -2.21. The Hall–Kier alpha value is -2.69. The molecule has 1 N–H and O–H groups in total. The van der Waals surface area contributed by atoms with E-state index in [1.807, 2.05) is 6.07 Å².